The van der Waals surface area contributed by atoms with E-state index >= 15 is 0 Å². The van der Waals surface area contributed by atoms with Crippen molar-refractivity contribution >= 4 is 32.4 Å². The molecule has 0 aliphatic carbocycles. The fourth-order valence-corrected chi connectivity index (χ4v) is 3.87. The zero-order valence-corrected chi connectivity index (χ0v) is 21.3. The van der Waals surface area contributed by atoms with E-state index in [1.807, 2.05) is 0 Å². The van der Waals surface area contributed by atoms with Crippen LogP contribution in [0.4, 0.5) is 24.7 Å². The van der Waals surface area contributed by atoms with Crippen molar-refractivity contribution in [1.29, 1.82) is 0 Å². The van der Waals surface area contributed by atoms with E-state index in [2.05, 4.69) is 15.3 Å². The molecule has 1 atom stereocenters. The summed E-state index contributed by atoms with van der Waals surface area (Å²) in [4.78, 5) is 8.86. The number of halogens is 3. The van der Waals surface area contributed by atoms with Crippen LogP contribution in [-0.4, -0.2) is 56.3 Å². The second-order valence-corrected chi connectivity index (χ2v) is 10.4. The van der Waals surface area contributed by atoms with Crippen LogP contribution in [0.1, 0.15) is 29.9 Å². The first-order chi connectivity index (χ1) is 16.7. The van der Waals surface area contributed by atoms with Gasteiger partial charge in [0, 0.05) is 30.7 Å². The summed E-state index contributed by atoms with van der Waals surface area (Å²) in [6, 6.07) is 6.11. The average molecular weight is 528 g/mol. The number of aromatic nitrogens is 2. The number of hydrogen-bond donors (Lipinski definition) is 2. The number of nitrogens with one attached hydrogen (secondary N) is 1. The van der Waals surface area contributed by atoms with Gasteiger partial charge in [0.05, 0.1) is 30.5 Å². The number of ether oxygens (including phenoxy) is 2. The lowest BCUT2D eigenvalue weighted by molar-refractivity contribution is -0.137. The minimum Gasteiger partial charge on any atom is -0.493 e. The molecule has 0 radical (unpaired) electrons. The molecule has 2 aromatic carbocycles. The normalized spacial score (nSPS) is 13.1. The van der Waals surface area contributed by atoms with E-state index in [1.165, 1.54) is 20.2 Å². The Kier molecular flexibility index (Phi) is 7.84. The number of anilines is 2. The van der Waals surface area contributed by atoms with Crippen LogP contribution in [0, 0.1) is 6.92 Å². The Morgan fingerprint density at radius 1 is 1.14 bits per heavy atom. The van der Waals surface area contributed by atoms with Crippen molar-refractivity contribution in [3.05, 3.63) is 47.3 Å². The minimum absolute atomic E-state index is 0.00307. The third-order valence-corrected chi connectivity index (χ3v) is 6.80. The van der Waals surface area contributed by atoms with Gasteiger partial charge in [0.15, 0.2) is 11.5 Å². The highest BCUT2D eigenvalue weighted by molar-refractivity contribution is 7.88. The summed E-state index contributed by atoms with van der Waals surface area (Å²) in [6.45, 7) is 3.56. The standard InChI is InChI=1S/C23H28F3N5O4S/c1-13(15-8-16(23(24,25)26)10-17(27)9-15)28-22-18-11-21(35-7-6-31(3)36(5,32)33)20(34-4)12-19(18)29-14(2)30-22/h8-13H,6-7,27H2,1-5H3,(H,28,29,30)/t13-/m1/s1. The maximum atomic E-state index is 13.3. The van der Waals surface area contributed by atoms with Crippen molar-refractivity contribution in [2.45, 2.75) is 26.1 Å². The number of methoxy groups -OCH3 is 1. The molecule has 0 aliphatic rings. The molecular formula is C23H28F3N5O4S. The van der Waals surface area contributed by atoms with Gasteiger partial charge in [-0.25, -0.2) is 22.7 Å². The van der Waals surface area contributed by atoms with Crippen molar-refractivity contribution in [1.82, 2.24) is 14.3 Å². The Labute approximate surface area is 207 Å². The first-order valence-electron chi connectivity index (χ1n) is 10.8. The molecule has 0 saturated carbocycles. The minimum atomic E-state index is -4.53. The highest BCUT2D eigenvalue weighted by Gasteiger charge is 2.31. The summed E-state index contributed by atoms with van der Waals surface area (Å²) in [5, 5.41) is 3.69. The number of alkyl halides is 3. The number of likely N-dealkylation sites (N-methyl/N-ethyl adjacent to an activating group) is 1. The quantitative estimate of drug-likeness (QED) is 0.401. The largest absolute Gasteiger partial charge is 0.493 e. The van der Waals surface area contributed by atoms with Crippen molar-refractivity contribution in [2.75, 3.05) is 44.6 Å². The lowest BCUT2D eigenvalue weighted by Crippen LogP contribution is -2.29. The molecule has 0 saturated heterocycles. The monoisotopic (exact) mass is 527 g/mol. The molecular weight excluding hydrogens is 499 g/mol. The van der Waals surface area contributed by atoms with Crippen LogP contribution >= 0.6 is 0 Å². The summed E-state index contributed by atoms with van der Waals surface area (Å²) in [5.74, 6) is 1.53. The van der Waals surface area contributed by atoms with Crippen molar-refractivity contribution in [3.8, 4) is 11.5 Å². The Hall–Kier alpha value is -3.32. The lowest BCUT2D eigenvalue weighted by atomic mass is 10.0. The Morgan fingerprint density at radius 2 is 1.83 bits per heavy atom. The fraction of sp³-hybridized carbons (Fsp3) is 0.391. The van der Waals surface area contributed by atoms with Crippen LogP contribution in [-0.2, 0) is 16.2 Å². The molecule has 0 fully saturated rings. The van der Waals surface area contributed by atoms with Gasteiger partial charge in [0.25, 0.3) is 0 Å². The second kappa shape index (κ2) is 10.3. The zero-order chi connectivity index (χ0) is 26.8. The first kappa shape index (κ1) is 27.3. The molecule has 1 aromatic heterocycles. The van der Waals surface area contributed by atoms with E-state index in [-0.39, 0.29) is 18.8 Å². The SMILES string of the molecule is COc1cc2nc(C)nc(N[C@H](C)c3cc(N)cc(C(F)(F)F)c3)c2cc1OCCN(C)S(C)(=O)=O. The van der Waals surface area contributed by atoms with Crippen molar-refractivity contribution < 1.29 is 31.1 Å². The maximum Gasteiger partial charge on any atom is 0.416 e. The number of rotatable bonds is 9. The second-order valence-electron chi connectivity index (χ2n) is 8.32. The van der Waals surface area contributed by atoms with Gasteiger partial charge in [-0.2, -0.15) is 13.2 Å². The number of nitrogen functional groups attached to an aromatic ring is 1. The predicted octanol–water partition coefficient (Wildman–Crippen LogP) is 3.99. The summed E-state index contributed by atoms with van der Waals surface area (Å²) in [5.41, 5.74) is 5.74. The topological polar surface area (TPSA) is 120 Å². The Balaban J connectivity index is 1.96. The van der Waals surface area contributed by atoms with E-state index in [0.717, 1.165) is 22.7 Å². The summed E-state index contributed by atoms with van der Waals surface area (Å²) >= 11 is 0. The maximum absolute atomic E-state index is 13.3. The van der Waals surface area contributed by atoms with Crippen LogP contribution < -0.4 is 20.5 Å². The van der Waals surface area contributed by atoms with Gasteiger partial charge in [0.1, 0.15) is 18.2 Å². The predicted molar refractivity (Wildman–Crippen MR) is 132 cm³/mol. The van der Waals surface area contributed by atoms with Gasteiger partial charge < -0.3 is 20.5 Å². The van der Waals surface area contributed by atoms with Crippen LogP contribution in [0.15, 0.2) is 30.3 Å². The first-order valence-corrected chi connectivity index (χ1v) is 12.7. The summed E-state index contributed by atoms with van der Waals surface area (Å²) in [6.07, 6.45) is -3.43. The number of aryl methyl sites for hydroxylation is 1. The van der Waals surface area contributed by atoms with Crippen LogP contribution in [0.2, 0.25) is 0 Å². The van der Waals surface area contributed by atoms with Crippen LogP contribution in [0.25, 0.3) is 10.9 Å². The number of benzene rings is 2. The number of fused-ring (bicyclic) bond motifs is 1. The molecule has 3 N–H and O–H groups in total. The number of sulfonamides is 1. The highest BCUT2D eigenvalue weighted by atomic mass is 32.2. The Morgan fingerprint density at radius 3 is 2.44 bits per heavy atom. The number of hydrogen-bond acceptors (Lipinski definition) is 8. The van der Waals surface area contributed by atoms with Crippen LogP contribution in [0.5, 0.6) is 11.5 Å². The van der Waals surface area contributed by atoms with Gasteiger partial charge >= 0.3 is 6.18 Å². The molecule has 0 unspecified atom stereocenters. The van der Waals surface area contributed by atoms with E-state index in [1.54, 1.807) is 26.0 Å². The van der Waals surface area contributed by atoms with Crippen molar-refractivity contribution in [2.24, 2.45) is 0 Å². The molecule has 3 rings (SSSR count). The third-order valence-electron chi connectivity index (χ3n) is 5.48. The smallest absolute Gasteiger partial charge is 0.416 e. The molecule has 196 valence electrons. The molecule has 36 heavy (non-hydrogen) atoms. The van der Waals surface area contributed by atoms with E-state index in [4.69, 9.17) is 15.2 Å². The molecule has 13 heteroatoms. The van der Waals surface area contributed by atoms with E-state index in [0.29, 0.717) is 39.6 Å². The zero-order valence-electron chi connectivity index (χ0n) is 20.5. The molecule has 0 amide bonds. The van der Waals surface area contributed by atoms with Gasteiger partial charge in [-0.1, -0.05) is 0 Å². The molecule has 0 spiro atoms. The number of nitrogens with zero attached hydrogens (tertiary/aromatic N) is 3. The van der Waals surface area contributed by atoms with Gasteiger partial charge in [0.2, 0.25) is 10.0 Å². The molecule has 1 heterocycles. The van der Waals surface area contributed by atoms with E-state index in [9.17, 15) is 21.6 Å². The third kappa shape index (κ3) is 6.46. The lowest BCUT2D eigenvalue weighted by Gasteiger charge is -2.20. The van der Waals surface area contributed by atoms with Gasteiger partial charge in [-0.3, -0.25) is 0 Å². The molecule has 9 nitrogen and oxygen atoms in total. The number of nitrogens with two attached hydrogens (primary N) is 1. The highest BCUT2D eigenvalue weighted by Crippen LogP contribution is 2.36. The average Bonchev–Trinajstić information content (AvgIpc) is 2.77. The summed E-state index contributed by atoms with van der Waals surface area (Å²) < 4.78 is 75.4. The van der Waals surface area contributed by atoms with Crippen LogP contribution in [0.3, 0.4) is 0 Å². The van der Waals surface area contributed by atoms with E-state index < -0.39 is 27.8 Å². The van der Waals surface area contributed by atoms with Crippen molar-refractivity contribution in [3.63, 3.8) is 0 Å². The molecule has 3 aromatic rings. The van der Waals surface area contributed by atoms with Gasteiger partial charge in [-0.05, 0) is 43.7 Å². The molecule has 0 bridgehead atoms. The fourth-order valence-electron chi connectivity index (χ4n) is 3.46. The van der Waals surface area contributed by atoms with Gasteiger partial charge in [-0.15, -0.1) is 0 Å². The molecule has 0 aliphatic heterocycles. The Bertz CT molecular complexity index is 1370. The summed E-state index contributed by atoms with van der Waals surface area (Å²) in [7, 11) is -0.458.